The molecule has 1 aliphatic rings. The van der Waals surface area contributed by atoms with Crippen LogP contribution in [0, 0.1) is 5.92 Å². The summed E-state index contributed by atoms with van der Waals surface area (Å²) in [5.41, 5.74) is -0.534. The van der Waals surface area contributed by atoms with Crippen molar-refractivity contribution >= 4 is 15.8 Å². The van der Waals surface area contributed by atoms with Crippen molar-refractivity contribution in [2.24, 2.45) is 5.92 Å². The maximum absolute atomic E-state index is 12.1. The minimum absolute atomic E-state index is 0.144. The summed E-state index contributed by atoms with van der Waals surface area (Å²) in [6, 6.07) is 0. The molecular formula is C12H24N2O3S. The Morgan fingerprint density at radius 1 is 1.44 bits per heavy atom. The molecule has 0 amide bonds. The van der Waals surface area contributed by atoms with E-state index in [2.05, 4.69) is 5.32 Å². The van der Waals surface area contributed by atoms with Gasteiger partial charge < -0.3 is 5.32 Å². The third-order valence-corrected chi connectivity index (χ3v) is 5.02. The molecule has 1 unspecified atom stereocenters. The van der Waals surface area contributed by atoms with E-state index in [0.29, 0.717) is 19.5 Å². The predicted octanol–water partition coefficient (Wildman–Crippen LogP) is 0.615. The average Bonchev–Trinajstić information content (AvgIpc) is 2.28. The highest BCUT2D eigenvalue weighted by Crippen LogP contribution is 2.23. The fourth-order valence-electron chi connectivity index (χ4n) is 2.15. The van der Waals surface area contributed by atoms with Crippen LogP contribution in [0.3, 0.4) is 0 Å². The van der Waals surface area contributed by atoms with Gasteiger partial charge in [0.05, 0.1) is 11.8 Å². The molecule has 0 saturated carbocycles. The summed E-state index contributed by atoms with van der Waals surface area (Å²) in [5, 5.41) is 2.99. The number of Topliss-reactive ketones (excluding diaryl/α,β-unsaturated/α-hetero) is 1. The maximum atomic E-state index is 12.1. The van der Waals surface area contributed by atoms with Gasteiger partial charge in [-0.2, -0.15) is 0 Å². The quantitative estimate of drug-likeness (QED) is 0.799. The highest BCUT2D eigenvalue weighted by atomic mass is 32.2. The third-order valence-electron chi connectivity index (χ3n) is 3.75. The Morgan fingerprint density at radius 3 is 2.56 bits per heavy atom. The zero-order chi connectivity index (χ0) is 14.0. The third kappa shape index (κ3) is 4.03. The van der Waals surface area contributed by atoms with E-state index in [-0.39, 0.29) is 11.7 Å². The Balaban J connectivity index is 2.61. The van der Waals surface area contributed by atoms with Gasteiger partial charge in [-0.3, -0.25) is 4.79 Å². The molecule has 5 nitrogen and oxygen atoms in total. The Labute approximate surface area is 110 Å². The minimum Gasteiger partial charge on any atom is -0.308 e. The van der Waals surface area contributed by atoms with E-state index in [0.717, 1.165) is 12.8 Å². The zero-order valence-electron chi connectivity index (χ0n) is 11.7. The smallest absolute Gasteiger partial charge is 0.211 e. The summed E-state index contributed by atoms with van der Waals surface area (Å²) >= 11 is 0. The molecule has 0 aromatic heterocycles. The molecule has 0 bridgehead atoms. The van der Waals surface area contributed by atoms with E-state index in [9.17, 15) is 13.2 Å². The van der Waals surface area contributed by atoms with Crippen LogP contribution in [0.25, 0.3) is 0 Å². The second-order valence-electron chi connectivity index (χ2n) is 5.63. The number of rotatable bonds is 5. The number of sulfonamides is 1. The van der Waals surface area contributed by atoms with E-state index in [1.807, 2.05) is 13.8 Å². The zero-order valence-corrected chi connectivity index (χ0v) is 12.5. The Kier molecular flexibility index (Phi) is 4.91. The van der Waals surface area contributed by atoms with E-state index < -0.39 is 15.6 Å². The predicted molar refractivity (Wildman–Crippen MR) is 71.9 cm³/mol. The minimum atomic E-state index is -3.13. The van der Waals surface area contributed by atoms with Gasteiger partial charge in [0.2, 0.25) is 10.0 Å². The van der Waals surface area contributed by atoms with Gasteiger partial charge >= 0.3 is 0 Å². The van der Waals surface area contributed by atoms with Crippen LogP contribution in [0.1, 0.15) is 33.1 Å². The van der Waals surface area contributed by atoms with Crippen LogP contribution in [0.15, 0.2) is 0 Å². The summed E-state index contributed by atoms with van der Waals surface area (Å²) in [4.78, 5) is 12.1. The van der Waals surface area contributed by atoms with Crippen molar-refractivity contribution in [2.75, 3.05) is 26.4 Å². The first-order valence-corrected chi connectivity index (χ1v) is 8.19. The van der Waals surface area contributed by atoms with Crippen LogP contribution in [0.4, 0.5) is 0 Å². The van der Waals surface area contributed by atoms with E-state index in [1.165, 1.54) is 10.6 Å². The highest BCUT2D eigenvalue weighted by Gasteiger charge is 2.31. The fourth-order valence-corrected chi connectivity index (χ4v) is 3.09. The molecule has 18 heavy (non-hydrogen) atoms. The second kappa shape index (κ2) is 5.67. The molecule has 1 N–H and O–H groups in total. The molecule has 1 saturated heterocycles. The molecule has 0 spiro atoms. The van der Waals surface area contributed by atoms with Gasteiger partial charge in [0, 0.05) is 19.5 Å². The molecule has 1 heterocycles. The van der Waals surface area contributed by atoms with E-state index in [1.54, 1.807) is 7.05 Å². The Bertz CT molecular complexity index is 404. The summed E-state index contributed by atoms with van der Waals surface area (Å²) in [5.74, 6) is 0.291. The average molecular weight is 276 g/mol. The second-order valence-corrected chi connectivity index (χ2v) is 7.61. The number of ketones is 1. The number of nitrogens with one attached hydrogen (secondary N) is 1. The number of hydrogen-bond acceptors (Lipinski definition) is 4. The van der Waals surface area contributed by atoms with Crippen LogP contribution in [-0.2, 0) is 14.8 Å². The normalized spacial score (nSPS) is 23.0. The van der Waals surface area contributed by atoms with Gasteiger partial charge in [0.1, 0.15) is 0 Å². The SMILES string of the molecule is CNC(C)(C)C(=O)CC1CCCN(S(C)(=O)=O)C1. The maximum Gasteiger partial charge on any atom is 0.211 e. The van der Waals surface area contributed by atoms with E-state index >= 15 is 0 Å². The largest absolute Gasteiger partial charge is 0.308 e. The Morgan fingerprint density at radius 2 is 2.06 bits per heavy atom. The van der Waals surface area contributed by atoms with Crippen LogP contribution in [0.2, 0.25) is 0 Å². The van der Waals surface area contributed by atoms with Crippen molar-refractivity contribution in [3.05, 3.63) is 0 Å². The molecule has 106 valence electrons. The molecule has 1 fully saturated rings. The van der Waals surface area contributed by atoms with Crippen LogP contribution >= 0.6 is 0 Å². The summed E-state index contributed by atoms with van der Waals surface area (Å²) in [6.07, 6.45) is 3.44. The molecule has 6 heteroatoms. The number of carbonyl (C=O) groups excluding carboxylic acids is 1. The number of nitrogens with zero attached hydrogens (tertiary/aromatic N) is 1. The first-order chi connectivity index (χ1) is 8.16. The van der Waals surface area contributed by atoms with Gasteiger partial charge in [-0.15, -0.1) is 0 Å². The number of piperidine rings is 1. The molecule has 1 rings (SSSR count). The number of carbonyl (C=O) groups is 1. The van der Waals surface area contributed by atoms with E-state index in [4.69, 9.17) is 0 Å². The lowest BCUT2D eigenvalue weighted by molar-refractivity contribution is -0.125. The monoisotopic (exact) mass is 276 g/mol. The molecular weight excluding hydrogens is 252 g/mol. The van der Waals surface area contributed by atoms with Crippen LogP contribution in [0.5, 0.6) is 0 Å². The van der Waals surface area contributed by atoms with Crippen molar-refractivity contribution in [2.45, 2.75) is 38.6 Å². The first-order valence-electron chi connectivity index (χ1n) is 6.34. The van der Waals surface area contributed by atoms with Gasteiger partial charge in [0.15, 0.2) is 5.78 Å². The van der Waals surface area contributed by atoms with Crippen molar-refractivity contribution in [3.8, 4) is 0 Å². The molecule has 1 aliphatic heterocycles. The number of likely N-dealkylation sites (N-methyl/N-ethyl adjacent to an activating group) is 1. The molecule has 0 radical (unpaired) electrons. The highest BCUT2D eigenvalue weighted by molar-refractivity contribution is 7.88. The standard InChI is InChI=1S/C12H24N2O3S/c1-12(2,13-3)11(15)8-10-6-5-7-14(9-10)18(4,16)17/h10,13H,5-9H2,1-4H3. The molecule has 0 aromatic rings. The lowest BCUT2D eigenvalue weighted by Crippen LogP contribution is -2.47. The van der Waals surface area contributed by atoms with Gasteiger partial charge in [0.25, 0.3) is 0 Å². The topological polar surface area (TPSA) is 66.5 Å². The van der Waals surface area contributed by atoms with Crippen LogP contribution < -0.4 is 5.32 Å². The van der Waals surface area contributed by atoms with Crippen molar-refractivity contribution in [1.82, 2.24) is 9.62 Å². The molecule has 0 aliphatic carbocycles. The Hall–Kier alpha value is -0.460. The van der Waals surface area contributed by atoms with Crippen molar-refractivity contribution in [3.63, 3.8) is 0 Å². The lowest BCUT2D eigenvalue weighted by atomic mass is 9.87. The molecule has 1 atom stereocenters. The van der Waals surface area contributed by atoms with Crippen LogP contribution in [-0.4, -0.2) is 50.4 Å². The van der Waals surface area contributed by atoms with Gasteiger partial charge in [-0.05, 0) is 39.7 Å². The summed E-state index contributed by atoms with van der Waals surface area (Å²) < 4.78 is 24.5. The van der Waals surface area contributed by atoms with Gasteiger partial charge in [-0.1, -0.05) is 0 Å². The van der Waals surface area contributed by atoms with Gasteiger partial charge in [-0.25, -0.2) is 12.7 Å². The summed E-state index contributed by atoms with van der Waals surface area (Å²) in [6.45, 7) is 4.77. The lowest BCUT2D eigenvalue weighted by Gasteiger charge is -2.32. The van der Waals surface area contributed by atoms with Crippen molar-refractivity contribution in [1.29, 1.82) is 0 Å². The first kappa shape index (κ1) is 15.6. The van der Waals surface area contributed by atoms with Crippen molar-refractivity contribution < 1.29 is 13.2 Å². The fraction of sp³-hybridized carbons (Fsp3) is 0.917. The summed E-state index contributed by atoms with van der Waals surface area (Å²) in [7, 11) is -1.36. The molecule has 0 aromatic carbocycles. The number of hydrogen-bond donors (Lipinski definition) is 1.